The van der Waals surface area contributed by atoms with E-state index in [1.807, 2.05) is 37.3 Å². The van der Waals surface area contributed by atoms with Gasteiger partial charge in [-0.2, -0.15) is 0 Å². The van der Waals surface area contributed by atoms with Gasteiger partial charge in [0.1, 0.15) is 0 Å². The molecule has 86 valence electrons. The molecule has 3 nitrogen and oxygen atoms in total. The minimum atomic E-state index is -0.961. The lowest BCUT2D eigenvalue weighted by molar-refractivity contribution is -0.0299. The van der Waals surface area contributed by atoms with Gasteiger partial charge in [-0.25, -0.2) is 5.01 Å². The van der Waals surface area contributed by atoms with Gasteiger partial charge in [-0.15, -0.1) is 0 Å². The maximum Gasteiger partial charge on any atom is 0.166 e. The first-order valence-corrected chi connectivity index (χ1v) is 6.35. The molecule has 1 heterocycles. The minimum Gasteiger partial charge on any atom is -0.368 e. The van der Waals surface area contributed by atoms with Crippen LogP contribution in [0.4, 0.5) is 5.69 Å². The molecule has 0 aliphatic carbocycles. The average Bonchev–Trinajstić information content (AvgIpc) is 2.43. The largest absolute Gasteiger partial charge is 0.368 e. The molecule has 1 aromatic rings. The molecule has 0 radical (unpaired) electrons. The zero-order valence-electron chi connectivity index (χ0n) is 9.18. The zero-order chi connectivity index (χ0) is 11.8. The van der Waals surface area contributed by atoms with E-state index in [4.69, 9.17) is 12.2 Å². The van der Waals surface area contributed by atoms with Crippen LogP contribution in [-0.4, -0.2) is 25.4 Å². The highest BCUT2D eigenvalue weighted by molar-refractivity contribution is 8.23. The summed E-state index contributed by atoms with van der Waals surface area (Å²) in [7, 11) is 0. The number of hydrazine groups is 1. The highest BCUT2D eigenvalue weighted by atomic mass is 32.2. The Morgan fingerprint density at radius 1 is 1.44 bits per heavy atom. The molecule has 16 heavy (non-hydrogen) atoms. The molecule has 2 N–H and O–H groups in total. The third kappa shape index (κ3) is 2.03. The first-order chi connectivity index (χ1) is 7.51. The summed E-state index contributed by atoms with van der Waals surface area (Å²) >= 11 is 6.73. The van der Waals surface area contributed by atoms with Crippen LogP contribution >= 0.6 is 24.0 Å². The van der Waals surface area contributed by atoms with Gasteiger partial charge in [0, 0.05) is 0 Å². The molecule has 2 rings (SSSR count). The van der Waals surface area contributed by atoms with E-state index in [0.717, 1.165) is 5.69 Å². The number of hydrogen-bond acceptors (Lipinski definition) is 4. The maximum atomic E-state index is 10.3. The Hall–Kier alpha value is -0.780. The second-order valence-corrected chi connectivity index (χ2v) is 5.91. The van der Waals surface area contributed by atoms with Crippen LogP contribution in [0.2, 0.25) is 0 Å². The molecule has 0 spiro atoms. The van der Waals surface area contributed by atoms with Crippen molar-refractivity contribution >= 4 is 34.0 Å². The Kier molecular flexibility index (Phi) is 3.10. The second-order valence-electron chi connectivity index (χ2n) is 3.93. The lowest BCUT2D eigenvalue weighted by atomic mass is 10.2. The lowest BCUT2D eigenvalue weighted by Crippen LogP contribution is -2.50. The van der Waals surface area contributed by atoms with Crippen molar-refractivity contribution in [2.75, 3.05) is 5.43 Å². The lowest BCUT2D eigenvalue weighted by Gasteiger charge is -2.33. The molecule has 0 amide bonds. The van der Waals surface area contributed by atoms with Gasteiger partial charge in [0.05, 0.1) is 10.9 Å². The van der Waals surface area contributed by atoms with E-state index in [1.54, 1.807) is 11.9 Å². The third-order valence-electron chi connectivity index (χ3n) is 2.70. The third-order valence-corrected chi connectivity index (χ3v) is 4.35. The monoisotopic (exact) mass is 254 g/mol. The van der Waals surface area contributed by atoms with Crippen molar-refractivity contribution in [2.24, 2.45) is 0 Å². The van der Waals surface area contributed by atoms with Crippen LogP contribution in [0.1, 0.15) is 13.8 Å². The molecule has 1 saturated heterocycles. The van der Waals surface area contributed by atoms with E-state index >= 15 is 0 Å². The highest BCUT2D eigenvalue weighted by Crippen LogP contribution is 2.37. The van der Waals surface area contributed by atoms with Gasteiger partial charge in [0.25, 0.3) is 0 Å². The Morgan fingerprint density at radius 2 is 2.06 bits per heavy atom. The van der Waals surface area contributed by atoms with Gasteiger partial charge in [-0.3, -0.25) is 5.43 Å². The van der Waals surface area contributed by atoms with E-state index in [-0.39, 0.29) is 5.25 Å². The van der Waals surface area contributed by atoms with Crippen LogP contribution in [0.5, 0.6) is 0 Å². The van der Waals surface area contributed by atoms with Gasteiger partial charge >= 0.3 is 0 Å². The predicted octanol–water partition coefficient (Wildman–Crippen LogP) is 2.44. The smallest absolute Gasteiger partial charge is 0.166 e. The predicted molar refractivity (Wildman–Crippen MR) is 72.2 cm³/mol. The highest BCUT2D eigenvalue weighted by Gasteiger charge is 2.45. The van der Waals surface area contributed by atoms with Crippen molar-refractivity contribution in [1.29, 1.82) is 0 Å². The van der Waals surface area contributed by atoms with Crippen LogP contribution in [0.3, 0.4) is 0 Å². The van der Waals surface area contributed by atoms with Crippen molar-refractivity contribution in [2.45, 2.75) is 24.8 Å². The van der Waals surface area contributed by atoms with Crippen LogP contribution in [0, 0.1) is 0 Å². The first kappa shape index (κ1) is 11.7. The zero-order valence-corrected chi connectivity index (χ0v) is 10.8. The van der Waals surface area contributed by atoms with Crippen molar-refractivity contribution in [3.8, 4) is 0 Å². The number of thiocarbonyl (C=S) groups is 1. The fourth-order valence-corrected chi connectivity index (χ4v) is 3.11. The molecule has 5 heteroatoms. The molecule has 0 bridgehead atoms. The molecular formula is C11H14N2OS2. The fourth-order valence-electron chi connectivity index (χ4n) is 1.48. The summed E-state index contributed by atoms with van der Waals surface area (Å²) in [6.45, 7) is 3.73. The number of aliphatic hydroxyl groups is 1. The Bertz CT molecular complexity index is 394. The van der Waals surface area contributed by atoms with Crippen LogP contribution in [0.25, 0.3) is 0 Å². The quantitative estimate of drug-likeness (QED) is 0.793. The number of benzene rings is 1. The van der Waals surface area contributed by atoms with Gasteiger partial charge in [0.15, 0.2) is 10.0 Å². The van der Waals surface area contributed by atoms with Crippen molar-refractivity contribution in [3.63, 3.8) is 0 Å². The van der Waals surface area contributed by atoms with Crippen molar-refractivity contribution in [3.05, 3.63) is 30.3 Å². The molecule has 0 aromatic heterocycles. The molecule has 1 fully saturated rings. The summed E-state index contributed by atoms with van der Waals surface area (Å²) in [6.07, 6.45) is 0. The molecule has 2 unspecified atom stereocenters. The summed E-state index contributed by atoms with van der Waals surface area (Å²) in [5.41, 5.74) is 3.09. The molecule has 1 aliphatic heterocycles. The van der Waals surface area contributed by atoms with E-state index in [1.165, 1.54) is 11.8 Å². The van der Waals surface area contributed by atoms with E-state index < -0.39 is 5.72 Å². The Balaban J connectivity index is 2.19. The molecule has 1 aliphatic rings. The first-order valence-electron chi connectivity index (χ1n) is 5.07. The number of hydrogen-bond donors (Lipinski definition) is 2. The summed E-state index contributed by atoms with van der Waals surface area (Å²) in [6, 6.07) is 9.70. The minimum absolute atomic E-state index is 0.0520. The topological polar surface area (TPSA) is 35.5 Å². The number of thioether (sulfide) groups is 1. The molecule has 1 aromatic carbocycles. The van der Waals surface area contributed by atoms with Gasteiger partial charge in [0.2, 0.25) is 0 Å². The van der Waals surface area contributed by atoms with Crippen molar-refractivity contribution in [1.82, 2.24) is 5.01 Å². The normalized spacial score (nSPS) is 29.6. The van der Waals surface area contributed by atoms with E-state index in [2.05, 4.69) is 5.43 Å². The summed E-state index contributed by atoms with van der Waals surface area (Å²) < 4.78 is 0.668. The summed E-state index contributed by atoms with van der Waals surface area (Å²) in [4.78, 5) is 0. The maximum absolute atomic E-state index is 10.3. The molecule has 0 saturated carbocycles. The van der Waals surface area contributed by atoms with Gasteiger partial charge in [-0.1, -0.05) is 42.2 Å². The number of nitrogens with zero attached hydrogens (tertiary/aromatic N) is 1. The van der Waals surface area contributed by atoms with Crippen molar-refractivity contribution < 1.29 is 5.11 Å². The van der Waals surface area contributed by atoms with E-state index in [0.29, 0.717) is 4.32 Å². The fraction of sp³-hybridized carbons (Fsp3) is 0.364. The molecule has 2 atom stereocenters. The van der Waals surface area contributed by atoms with Gasteiger partial charge < -0.3 is 5.11 Å². The average molecular weight is 254 g/mol. The number of rotatable bonds is 2. The standard InChI is InChI=1S/C11H14N2OS2/c1-8-11(2,14)13(10(15)16-8)12-9-6-4-3-5-7-9/h3-8,12,14H,1-2H3. The summed E-state index contributed by atoms with van der Waals surface area (Å²) in [5, 5.41) is 12.0. The van der Waals surface area contributed by atoms with E-state index in [9.17, 15) is 5.11 Å². The molecular weight excluding hydrogens is 240 g/mol. The van der Waals surface area contributed by atoms with Crippen LogP contribution < -0.4 is 5.43 Å². The SMILES string of the molecule is CC1SC(=S)N(Nc2ccccc2)C1(C)O. The van der Waals surface area contributed by atoms with Crippen LogP contribution in [0.15, 0.2) is 30.3 Å². The summed E-state index contributed by atoms with van der Waals surface area (Å²) in [5.74, 6) is 0. The number of nitrogens with one attached hydrogen (secondary N) is 1. The van der Waals surface area contributed by atoms with Gasteiger partial charge in [-0.05, 0) is 26.0 Å². The van der Waals surface area contributed by atoms with Crippen LogP contribution in [-0.2, 0) is 0 Å². The second kappa shape index (κ2) is 4.24. The Morgan fingerprint density at radius 3 is 2.56 bits per heavy atom. The number of para-hydroxylation sites is 1. The Labute approximate surface area is 105 Å². The number of anilines is 1.